The summed E-state index contributed by atoms with van der Waals surface area (Å²) in [6.07, 6.45) is 3.32. The SMILES string of the molecule is Cc1ccc2c(sc3c(F)c(C4CCC4)ccc32)c1F. The molecule has 1 aliphatic carbocycles. The fraction of sp³-hybridized carbons (Fsp3) is 0.294. The summed E-state index contributed by atoms with van der Waals surface area (Å²) in [7, 11) is 0. The first-order valence-electron chi connectivity index (χ1n) is 6.96. The maximum absolute atomic E-state index is 14.7. The highest BCUT2D eigenvalue weighted by Gasteiger charge is 2.25. The van der Waals surface area contributed by atoms with Gasteiger partial charge in [0, 0.05) is 10.8 Å². The Morgan fingerprint density at radius 1 is 0.950 bits per heavy atom. The van der Waals surface area contributed by atoms with Gasteiger partial charge in [-0.15, -0.1) is 11.3 Å². The minimum atomic E-state index is -0.215. The van der Waals surface area contributed by atoms with Crippen LogP contribution in [0.5, 0.6) is 0 Å². The first-order valence-corrected chi connectivity index (χ1v) is 7.78. The minimum absolute atomic E-state index is 0.134. The van der Waals surface area contributed by atoms with Crippen LogP contribution in [0, 0.1) is 18.6 Å². The van der Waals surface area contributed by atoms with E-state index >= 15 is 0 Å². The molecule has 0 aliphatic heterocycles. The lowest BCUT2D eigenvalue weighted by molar-refractivity contribution is 0.406. The number of thiophene rings is 1. The van der Waals surface area contributed by atoms with Crippen molar-refractivity contribution in [3.8, 4) is 0 Å². The van der Waals surface area contributed by atoms with E-state index in [1.165, 1.54) is 17.8 Å². The molecule has 0 unspecified atom stereocenters. The molecule has 102 valence electrons. The average Bonchev–Trinajstić information content (AvgIpc) is 2.75. The first-order chi connectivity index (χ1) is 9.66. The van der Waals surface area contributed by atoms with Gasteiger partial charge in [-0.2, -0.15) is 0 Å². The average molecular weight is 288 g/mol. The third-order valence-electron chi connectivity index (χ3n) is 4.46. The fourth-order valence-corrected chi connectivity index (χ4v) is 4.22. The minimum Gasteiger partial charge on any atom is -0.205 e. The van der Waals surface area contributed by atoms with Gasteiger partial charge in [-0.3, -0.25) is 0 Å². The van der Waals surface area contributed by atoms with Crippen LogP contribution in [0.4, 0.5) is 8.78 Å². The van der Waals surface area contributed by atoms with E-state index < -0.39 is 0 Å². The summed E-state index contributed by atoms with van der Waals surface area (Å²) in [6, 6.07) is 7.52. The molecule has 4 rings (SSSR count). The molecule has 20 heavy (non-hydrogen) atoms. The molecule has 3 aromatic rings. The van der Waals surface area contributed by atoms with Gasteiger partial charge in [0.25, 0.3) is 0 Å². The van der Waals surface area contributed by atoms with Crippen LogP contribution in [0.3, 0.4) is 0 Å². The highest BCUT2D eigenvalue weighted by Crippen LogP contribution is 2.43. The lowest BCUT2D eigenvalue weighted by Crippen LogP contribution is -2.10. The standard InChI is InChI=1S/C17H14F2S/c1-9-5-6-12-13-8-7-11(10-3-2-4-10)15(19)17(13)20-16(12)14(9)18/h5-8,10H,2-4H2,1H3. The Kier molecular flexibility index (Phi) is 2.61. The van der Waals surface area contributed by atoms with Crippen LogP contribution in [0.15, 0.2) is 24.3 Å². The smallest absolute Gasteiger partial charge is 0.144 e. The lowest BCUT2D eigenvalue weighted by atomic mass is 9.79. The van der Waals surface area contributed by atoms with Crippen LogP contribution < -0.4 is 0 Å². The molecule has 2 aromatic carbocycles. The predicted octanol–water partition coefficient (Wildman–Crippen LogP) is 5.91. The van der Waals surface area contributed by atoms with E-state index in [4.69, 9.17) is 0 Å². The number of halogens is 2. The van der Waals surface area contributed by atoms with Crippen LogP contribution in [0.25, 0.3) is 20.2 Å². The summed E-state index contributed by atoms with van der Waals surface area (Å²) >= 11 is 1.25. The molecular weight excluding hydrogens is 274 g/mol. The maximum atomic E-state index is 14.7. The van der Waals surface area contributed by atoms with Crippen molar-refractivity contribution in [3.05, 3.63) is 47.0 Å². The van der Waals surface area contributed by atoms with Gasteiger partial charge >= 0.3 is 0 Å². The largest absolute Gasteiger partial charge is 0.205 e. The molecule has 1 heterocycles. The molecule has 0 nitrogen and oxygen atoms in total. The Morgan fingerprint density at radius 3 is 2.25 bits per heavy atom. The second kappa shape index (κ2) is 4.26. The van der Waals surface area contributed by atoms with Gasteiger partial charge in [0.05, 0.1) is 9.40 Å². The van der Waals surface area contributed by atoms with Crippen molar-refractivity contribution in [2.45, 2.75) is 32.1 Å². The molecule has 1 aromatic heterocycles. The van der Waals surface area contributed by atoms with Crippen molar-refractivity contribution >= 4 is 31.5 Å². The Labute approximate surface area is 120 Å². The van der Waals surface area contributed by atoms with Crippen LogP contribution in [0.1, 0.15) is 36.3 Å². The molecule has 1 aliphatic rings. The second-order valence-electron chi connectivity index (χ2n) is 5.65. The quantitative estimate of drug-likeness (QED) is 0.522. The van der Waals surface area contributed by atoms with Crippen molar-refractivity contribution in [1.29, 1.82) is 0 Å². The number of benzene rings is 2. The number of hydrogen-bond acceptors (Lipinski definition) is 1. The molecule has 0 saturated heterocycles. The molecular formula is C17H14F2S. The van der Waals surface area contributed by atoms with Crippen LogP contribution in [-0.4, -0.2) is 0 Å². The summed E-state index contributed by atoms with van der Waals surface area (Å²) in [5.41, 5.74) is 1.43. The summed E-state index contributed by atoms with van der Waals surface area (Å²) in [6.45, 7) is 1.75. The Morgan fingerprint density at radius 2 is 1.60 bits per heavy atom. The number of hydrogen-bond donors (Lipinski definition) is 0. The van der Waals surface area contributed by atoms with Crippen molar-refractivity contribution in [1.82, 2.24) is 0 Å². The van der Waals surface area contributed by atoms with Gasteiger partial charge in [-0.1, -0.05) is 30.7 Å². The third-order valence-corrected chi connectivity index (χ3v) is 5.66. The van der Waals surface area contributed by atoms with Crippen molar-refractivity contribution < 1.29 is 8.78 Å². The predicted molar refractivity (Wildman–Crippen MR) is 80.6 cm³/mol. The normalized spacial score (nSPS) is 15.9. The monoisotopic (exact) mass is 288 g/mol. The topological polar surface area (TPSA) is 0 Å². The van der Waals surface area contributed by atoms with E-state index in [9.17, 15) is 8.78 Å². The van der Waals surface area contributed by atoms with E-state index in [2.05, 4.69) is 0 Å². The lowest BCUT2D eigenvalue weighted by Gasteiger charge is -2.26. The van der Waals surface area contributed by atoms with Gasteiger partial charge in [0.1, 0.15) is 11.6 Å². The number of aryl methyl sites for hydroxylation is 1. The van der Waals surface area contributed by atoms with Crippen LogP contribution in [-0.2, 0) is 0 Å². The zero-order chi connectivity index (χ0) is 13.9. The molecule has 0 N–H and O–H groups in total. The molecule has 0 bridgehead atoms. The molecule has 0 atom stereocenters. The fourth-order valence-electron chi connectivity index (χ4n) is 2.99. The summed E-state index contributed by atoms with van der Waals surface area (Å²) in [5, 5.41) is 1.66. The summed E-state index contributed by atoms with van der Waals surface area (Å²) < 4.78 is 30.1. The Hall–Kier alpha value is -1.48. The molecule has 0 amide bonds. The van der Waals surface area contributed by atoms with E-state index in [1.807, 2.05) is 18.2 Å². The van der Waals surface area contributed by atoms with Gasteiger partial charge in [-0.05, 0) is 36.8 Å². The Balaban J connectivity index is 2.05. The van der Waals surface area contributed by atoms with E-state index in [1.54, 1.807) is 13.0 Å². The number of rotatable bonds is 1. The second-order valence-corrected chi connectivity index (χ2v) is 6.67. The van der Waals surface area contributed by atoms with Crippen molar-refractivity contribution in [3.63, 3.8) is 0 Å². The maximum Gasteiger partial charge on any atom is 0.144 e. The van der Waals surface area contributed by atoms with E-state index in [-0.39, 0.29) is 11.6 Å². The highest BCUT2D eigenvalue weighted by molar-refractivity contribution is 7.25. The zero-order valence-corrected chi connectivity index (χ0v) is 12.0. The van der Waals surface area contributed by atoms with Gasteiger partial charge in [0.15, 0.2) is 0 Å². The van der Waals surface area contributed by atoms with E-state index in [0.29, 0.717) is 20.9 Å². The molecule has 0 spiro atoms. The number of fused-ring (bicyclic) bond motifs is 3. The molecule has 1 saturated carbocycles. The van der Waals surface area contributed by atoms with Crippen molar-refractivity contribution in [2.75, 3.05) is 0 Å². The van der Waals surface area contributed by atoms with Crippen molar-refractivity contribution in [2.24, 2.45) is 0 Å². The van der Waals surface area contributed by atoms with Crippen LogP contribution >= 0.6 is 11.3 Å². The Bertz CT molecular complexity index is 828. The first kappa shape index (κ1) is 12.3. The molecule has 0 radical (unpaired) electrons. The van der Waals surface area contributed by atoms with Crippen LogP contribution in [0.2, 0.25) is 0 Å². The molecule has 1 fully saturated rings. The zero-order valence-electron chi connectivity index (χ0n) is 11.2. The summed E-state index contributed by atoms with van der Waals surface area (Å²) in [5.74, 6) is 0.00921. The van der Waals surface area contributed by atoms with Gasteiger partial charge in [-0.25, -0.2) is 8.78 Å². The van der Waals surface area contributed by atoms with E-state index in [0.717, 1.165) is 29.2 Å². The molecule has 3 heteroatoms. The van der Waals surface area contributed by atoms with Gasteiger partial charge in [0.2, 0.25) is 0 Å². The third kappa shape index (κ3) is 1.56. The van der Waals surface area contributed by atoms with Gasteiger partial charge < -0.3 is 0 Å². The highest BCUT2D eigenvalue weighted by atomic mass is 32.1. The summed E-state index contributed by atoms with van der Waals surface area (Å²) in [4.78, 5) is 0.